The van der Waals surface area contributed by atoms with E-state index in [1.54, 1.807) is 13.8 Å². The summed E-state index contributed by atoms with van der Waals surface area (Å²) in [4.78, 5) is 33.0. The molecule has 0 unspecified atom stereocenters. The fourth-order valence-electron chi connectivity index (χ4n) is 10.1. The molecule has 9 rings (SSSR count). The van der Waals surface area contributed by atoms with Gasteiger partial charge in [0.15, 0.2) is 11.6 Å². The Morgan fingerprint density at radius 3 is 2.67 bits per heavy atom. The van der Waals surface area contributed by atoms with Crippen LogP contribution in [-0.4, -0.2) is 87.7 Å². The van der Waals surface area contributed by atoms with Gasteiger partial charge in [-0.2, -0.15) is 9.97 Å². The van der Waals surface area contributed by atoms with E-state index in [0.29, 0.717) is 79.2 Å². The topological polar surface area (TPSA) is 121 Å². The molecule has 3 aromatic heterocycles. The highest BCUT2D eigenvalue weighted by molar-refractivity contribution is 6.03. The first-order valence-corrected chi connectivity index (χ1v) is 19.4. The molecule has 4 aliphatic heterocycles. The number of phenolic OH excluding ortho intramolecular Hbond substituents is 1. The zero-order valence-electron chi connectivity index (χ0n) is 31.8. The highest BCUT2D eigenvalue weighted by Crippen LogP contribution is 2.46. The monoisotopic (exact) mass is 786 g/mol. The van der Waals surface area contributed by atoms with Crippen LogP contribution >= 0.6 is 0 Å². The van der Waals surface area contributed by atoms with E-state index in [1.165, 1.54) is 24.3 Å². The molecule has 3 saturated heterocycles. The van der Waals surface area contributed by atoms with Crippen LogP contribution in [0.4, 0.5) is 23.4 Å². The normalized spacial score (nSPS) is 25.1. The Labute approximate surface area is 325 Å². The van der Waals surface area contributed by atoms with Crippen LogP contribution in [0.1, 0.15) is 61.8 Å². The molecule has 11 nitrogen and oxygen atoms in total. The number of nitrogens with zero attached hydrogens (tertiary/aromatic N) is 6. The summed E-state index contributed by atoms with van der Waals surface area (Å²) in [5.74, 6) is 0.353. The molecule has 0 amide bonds. The first kappa shape index (κ1) is 37.4. The quantitative estimate of drug-likeness (QED) is 0.138. The Morgan fingerprint density at radius 1 is 1.09 bits per heavy atom. The molecule has 5 atom stereocenters. The Kier molecular flexibility index (Phi) is 9.19. The molecule has 3 fully saturated rings. The van der Waals surface area contributed by atoms with Crippen LogP contribution < -0.4 is 15.5 Å². The second-order valence-electron chi connectivity index (χ2n) is 16.4. The molecular formula is C42H42F4N6O5. The first-order chi connectivity index (χ1) is 27.3. The maximum Gasteiger partial charge on any atom is 0.519 e. The standard InChI is InChI=1S/C42H42F4N6O5/c1-5-25-28(43)11-9-22-15-24(53)16-26(33(22)25)36-35(44)37-34-29(47-36)7-6-8-30-31-12-10-23(51(31)18-32-21(2)56-41(54)57-32)17-52(30)39(34)49-40(48-37)55-20-42(3)19-50(4)14-13-27(42)38(45)46/h1,9,11,15-16,23,27,30-31,38,53H,6-8,10,12-14,17-20H2,2-4H3/t23-,27-,30-,31+,42+/m1/s1. The molecule has 7 heterocycles. The van der Waals surface area contributed by atoms with Crippen molar-refractivity contribution in [3.05, 3.63) is 69.3 Å². The average Bonchev–Trinajstić information content (AvgIpc) is 3.64. The van der Waals surface area contributed by atoms with Gasteiger partial charge in [0, 0.05) is 53.5 Å². The maximum atomic E-state index is 17.5. The van der Waals surface area contributed by atoms with Gasteiger partial charge in [-0.1, -0.05) is 18.9 Å². The summed E-state index contributed by atoms with van der Waals surface area (Å²) in [5.41, 5.74) is -0.704. The largest absolute Gasteiger partial charge is 0.519 e. The van der Waals surface area contributed by atoms with Gasteiger partial charge in [-0.05, 0) is 82.6 Å². The number of ether oxygens (including phenoxy) is 1. The Bertz CT molecular complexity index is 2520. The number of anilines is 1. The van der Waals surface area contributed by atoms with Gasteiger partial charge in [0.1, 0.15) is 34.4 Å². The van der Waals surface area contributed by atoms with Crippen molar-refractivity contribution in [3.8, 4) is 35.4 Å². The molecule has 4 aliphatic rings. The number of halogens is 4. The number of piperidine rings is 1. The third-order valence-electron chi connectivity index (χ3n) is 12.7. The Hall–Kier alpha value is -5.20. The molecule has 2 aromatic carbocycles. The van der Waals surface area contributed by atoms with Gasteiger partial charge in [0.05, 0.1) is 29.8 Å². The minimum atomic E-state index is -2.56. The summed E-state index contributed by atoms with van der Waals surface area (Å²) < 4.78 is 78.3. The number of phenols is 1. The summed E-state index contributed by atoms with van der Waals surface area (Å²) in [5, 5.41) is 11.8. The van der Waals surface area contributed by atoms with Crippen molar-refractivity contribution < 1.29 is 36.2 Å². The highest BCUT2D eigenvalue weighted by Gasteiger charge is 2.49. The number of aromatic nitrogens is 3. The van der Waals surface area contributed by atoms with Gasteiger partial charge in [-0.3, -0.25) is 4.90 Å². The van der Waals surface area contributed by atoms with Crippen LogP contribution in [-0.2, 0) is 13.0 Å². The minimum absolute atomic E-state index is 0.0272. The number of hydrogen-bond donors (Lipinski definition) is 1. The lowest BCUT2D eigenvalue weighted by molar-refractivity contribution is -0.0679. The van der Waals surface area contributed by atoms with Gasteiger partial charge in [-0.25, -0.2) is 27.3 Å². The van der Waals surface area contributed by atoms with E-state index in [2.05, 4.69) is 20.7 Å². The van der Waals surface area contributed by atoms with E-state index < -0.39 is 35.2 Å². The number of aromatic hydroxyl groups is 1. The smallest absolute Gasteiger partial charge is 0.508 e. The van der Waals surface area contributed by atoms with Crippen molar-refractivity contribution in [3.63, 3.8) is 0 Å². The van der Waals surface area contributed by atoms with Crippen LogP contribution in [0.3, 0.4) is 0 Å². The van der Waals surface area contributed by atoms with Gasteiger partial charge in [0.25, 0.3) is 0 Å². The van der Waals surface area contributed by atoms with E-state index >= 15 is 8.78 Å². The molecule has 1 N–H and O–H groups in total. The van der Waals surface area contributed by atoms with Gasteiger partial charge < -0.3 is 28.5 Å². The summed E-state index contributed by atoms with van der Waals surface area (Å²) >= 11 is 0. The molecule has 57 heavy (non-hydrogen) atoms. The fourth-order valence-corrected chi connectivity index (χ4v) is 10.1. The number of terminal acetylenes is 1. The molecule has 0 spiro atoms. The molecule has 298 valence electrons. The molecule has 5 aromatic rings. The fraction of sp³-hybridized carbons (Fsp3) is 0.476. The molecule has 0 aliphatic carbocycles. The molecular weight excluding hydrogens is 744 g/mol. The van der Waals surface area contributed by atoms with Crippen LogP contribution in [0, 0.1) is 42.2 Å². The first-order valence-electron chi connectivity index (χ1n) is 19.4. The van der Waals surface area contributed by atoms with Gasteiger partial charge >= 0.3 is 11.8 Å². The Morgan fingerprint density at radius 2 is 1.91 bits per heavy atom. The number of fused-ring (bicyclic) bond motifs is 6. The summed E-state index contributed by atoms with van der Waals surface area (Å²) in [6, 6.07) is 5.23. The molecule has 0 saturated carbocycles. The summed E-state index contributed by atoms with van der Waals surface area (Å²) in [6.45, 7) is 5.14. The zero-order valence-corrected chi connectivity index (χ0v) is 31.8. The number of piperazine rings is 1. The minimum Gasteiger partial charge on any atom is -0.508 e. The van der Waals surface area contributed by atoms with E-state index in [4.69, 9.17) is 30.0 Å². The maximum absolute atomic E-state index is 17.5. The van der Waals surface area contributed by atoms with Crippen molar-refractivity contribution in [2.75, 3.05) is 38.2 Å². The molecule has 0 radical (unpaired) electrons. The second kappa shape index (κ2) is 14.0. The number of rotatable bonds is 7. The number of aryl methyl sites for hydroxylation is 2. The lowest BCUT2D eigenvalue weighted by Gasteiger charge is -2.48. The van der Waals surface area contributed by atoms with Crippen molar-refractivity contribution in [1.29, 1.82) is 0 Å². The van der Waals surface area contributed by atoms with Crippen molar-refractivity contribution in [1.82, 2.24) is 24.8 Å². The molecule has 2 bridgehead atoms. The summed E-state index contributed by atoms with van der Waals surface area (Å²) in [7, 11) is 1.88. The number of hydrogen-bond acceptors (Lipinski definition) is 11. The molecule has 15 heteroatoms. The third-order valence-corrected chi connectivity index (χ3v) is 12.7. The van der Waals surface area contributed by atoms with Crippen LogP contribution in [0.5, 0.6) is 11.8 Å². The van der Waals surface area contributed by atoms with Crippen LogP contribution in [0.15, 0.2) is 37.9 Å². The van der Waals surface area contributed by atoms with Gasteiger partial charge in [-0.15, -0.1) is 6.42 Å². The van der Waals surface area contributed by atoms with E-state index in [-0.39, 0.29) is 64.2 Å². The lowest BCUT2D eigenvalue weighted by atomic mass is 9.73. The van der Waals surface area contributed by atoms with E-state index in [9.17, 15) is 18.7 Å². The number of benzene rings is 2. The van der Waals surface area contributed by atoms with Gasteiger partial charge in [0.2, 0.25) is 6.43 Å². The number of likely N-dealkylation sites (tertiary alicyclic amines) is 1. The predicted molar refractivity (Wildman–Crippen MR) is 203 cm³/mol. The van der Waals surface area contributed by atoms with Crippen molar-refractivity contribution in [2.45, 2.75) is 83.5 Å². The highest BCUT2D eigenvalue weighted by atomic mass is 19.3. The average molecular weight is 787 g/mol. The SMILES string of the molecule is C#Cc1c(F)ccc2cc(O)cc(-c3nc4c5c(nc(OC[C@]6(C)CN(C)CC[C@@H]6C(F)F)nc5c3F)N3C[C@H]5CC[C@@H]([C@H]3CCC4)N5Cc3oc(=O)oc3C)c12. The lowest BCUT2D eigenvalue weighted by Crippen LogP contribution is -2.60. The zero-order chi connectivity index (χ0) is 39.9. The van der Waals surface area contributed by atoms with Crippen molar-refractivity contribution >= 4 is 27.5 Å². The predicted octanol–water partition coefficient (Wildman–Crippen LogP) is 6.82. The Balaban J connectivity index is 1.21. The van der Waals surface area contributed by atoms with Crippen LogP contribution in [0.25, 0.3) is 32.9 Å². The van der Waals surface area contributed by atoms with E-state index in [0.717, 1.165) is 19.3 Å². The third kappa shape index (κ3) is 6.28. The number of alkyl halides is 2. The van der Waals surface area contributed by atoms with Crippen molar-refractivity contribution in [2.24, 2.45) is 11.3 Å². The summed E-state index contributed by atoms with van der Waals surface area (Å²) in [6.07, 6.45) is 7.07. The van der Waals surface area contributed by atoms with Crippen LogP contribution in [0.2, 0.25) is 0 Å². The van der Waals surface area contributed by atoms with E-state index in [1.807, 2.05) is 11.9 Å². The second-order valence-corrected chi connectivity index (χ2v) is 16.4. The number of pyridine rings is 1.